The van der Waals surface area contributed by atoms with Gasteiger partial charge in [-0.05, 0) is 12.1 Å². The van der Waals surface area contributed by atoms with Crippen LogP contribution in [-0.2, 0) is 11.3 Å². The fourth-order valence-electron chi connectivity index (χ4n) is 1.72. The lowest BCUT2D eigenvalue weighted by atomic mass is 10.2. The molecular weight excluding hydrogens is 304 g/mol. The maximum Gasteiger partial charge on any atom is 0.279 e. The van der Waals surface area contributed by atoms with Crippen LogP contribution in [0.1, 0.15) is 15.9 Å². The molecule has 0 aliphatic carbocycles. The molecule has 8 nitrogen and oxygen atoms in total. The minimum Gasteiger partial charge on any atom is -0.380 e. The van der Waals surface area contributed by atoms with Crippen LogP contribution in [-0.4, -0.2) is 23.2 Å². The molecular formula is C15H14N2O6. The molecule has 23 heavy (non-hydrogen) atoms. The first-order valence-corrected chi connectivity index (χ1v) is 6.41. The number of aldehydes is 1. The van der Waals surface area contributed by atoms with Crippen molar-refractivity contribution in [2.75, 3.05) is 7.11 Å². The highest BCUT2D eigenvalue weighted by atomic mass is 16.6. The lowest BCUT2D eigenvalue weighted by Gasteiger charge is -1.99. The van der Waals surface area contributed by atoms with Crippen molar-refractivity contribution in [3.63, 3.8) is 0 Å². The van der Waals surface area contributed by atoms with E-state index >= 15 is 0 Å². The smallest absolute Gasteiger partial charge is 0.279 e. The molecule has 0 heterocycles. The maximum absolute atomic E-state index is 10.4. The number of nitro groups is 2. The average molecular weight is 318 g/mol. The Morgan fingerprint density at radius 2 is 1.48 bits per heavy atom. The second-order valence-corrected chi connectivity index (χ2v) is 4.25. The van der Waals surface area contributed by atoms with Crippen molar-refractivity contribution < 1.29 is 19.4 Å². The summed E-state index contributed by atoms with van der Waals surface area (Å²) in [4.78, 5) is 29.9. The molecule has 8 heteroatoms. The molecule has 120 valence electrons. The minimum atomic E-state index is -0.580. The van der Waals surface area contributed by atoms with Crippen molar-refractivity contribution in [1.82, 2.24) is 0 Å². The molecule has 2 aromatic rings. The molecule has 0 N–H and O–H groups in total. The molecule has 2 rings (SSSR count). The molecule has 0 atom stereocenters. The Hall–Kier alpha value is -3.13. The number of hydrogen-bond acceptors (Lipinski definition) is 6. The van der Waals surface area contributed by atoms with E-state index in [1.807, 2.05) is 0 Å². The lowest BCUT2D eigenvalue weighted by molar-refractivity contribution is -0.385. The zero-order chi connectivity index (χ0) is 17.2. The molecule has 0 amide bonds. The molecule has 0 saturated heterocycles. The number of carbonyl (C=O) groups is 1. The van der Waals surface area contributed by atoms with E-state index in [1.54, 1.807) is 24.3 Å². The molecule has 0 aliphatic rings. The highest BCUT2D eigenvalue weighted by Gasteiger charge is 2.11. The standard InChI is InChI=1S/C8H9NO3.C7H5NO3/c1-12-6-7-4-2-3-5-8(7)9(10)11;9-5-6-3-1-2-4-7(6)8(10)11/h2-5H,6H2,1H3;1-5H. The van der Waals surface area contributed by atoms with Crippen LogP contribution in [0.25, 0.3) is 0 Å². The number of nitro benzene ring substituents is 2. The van der Waals surface area contributed by atoms with Crippen molar-refractivity contribution in [2.45, 2.75) is 6.61 Å². The second kappa shape index (κ2) is 9.00. The number of ether oxygens (including phenoxy) is 1. The Labute approximate surface area is 131 Å². The Kier molecular flexibility index (Phi) is 7.02. The third-order valence-corrected chi connectivity index (χ3v) is 2.75. The van der Waals surface area contributed by atoms with E-state index in [2.05, 4.69) is 0 Å². The van der Waals surface area contributed by atoms with Gasteiger partial charge in [-0.15, -0.1) is 0 Å². The van der Waals surface area contributed by atoms with Crippen molar-refractivity contribution in [3.05, 3.63) is 79.9 Å². The van der Waals surface area contributed by atoms with E-state index in [9.17, 15) is 25.0 Å². The fraction of sp³-hybridized carbons (Fsp3) is 0.133. The monoisotopic (exact) mass is 318 g/mol. The minimum absolute atomic E-state index is 0.109. The average Bonchev–Trinajstić information content (AvgIpc) is 2.56. The number of methoxy groups -OCH3 is 1. The van der Waals surface area contributed by atoms with Gasteiger partial charge in [-0.1, -0.05) is 24.3 Å². The number of nitrogens with zero attached hydrogens (tertiary/aromatic N) is 2. The molecule has 0 aromatic heterocycles. The first-order valence-electron chi connectivity index (χ1n) is 6.41. The number of hydrogen-bond donors (Lipinski definition) is 0. The van der Waals surface area contributed by atoms with Crippen LogP contribution in [0.5, 0.6) is 0 Å². The summed E-state index contributed by atoms with van der Waals surface area (Å²) >= 11 is 0. The number of para-hydroxylation sites is 2. The first-order chi connectivity index (χ1) is 11.0. The molecule has 0 fully saturated rings. The van der Waals surface area contributed by atoms with E-state index in [1.165, 1.54) is 31.4 Å². The van der Waals surface area contributed by atoms with Crippen molar-refractivity contribution in [3.8, 4) is 0 Å². The Morgan fingerprint density at radius 3 is 1.96 bits per heavy atom. The predicted octanol–water partition coefficient (Wildman–Crippen LogP) is 3.15. The summed E-state index contributed by atoms with van der Waals surface area (Å²) in [5.41, 5.74) is 0.671. The third-order valence-electron chi connectivity index (χ3n) is 2.75. The van der Waals surface area contributed by atoms with Crippen molar-refractivity contribution in [2.24, 2.45) is 0 Å². The van der Waals surface area contributed by atoms with Crippen LogP contribution in [0.4, 0.5) is 11.4 Å². The topological polar surface area (TPSA) is 113 Å². The third kappa shape index (κ3) is 5.29. The van der Waals surface area contributed by atoms with Gasteiger partial charge in [0.15, 0.2) is 6.29 Å². The highest BCUT2D eigenvalue weighted by molar-refractivity contribution is 5.81. The number of rotatable bonds is 5. The molecule has 0 aliphatic heterocycles. The lowest BCUT2D eigenvalue weighted by Crippen LogP contribution is -1.95. The van der Waals surface area contributed by atoms with Crippen LogP contribution in [0, 0.1) is 20.2 Å². The predicted molar refractivity (Wildman–Crippen MR) is 82.3 cm³/mol. The van der Waals surface area contributed by atoms with Crippen LogP contribution in [0.15, 0.2) is 48.5 Å². The zero-order valence-corrected chi connectivity index (χ0v) is 12.2. The van der Waals surface area contributed by atoms with Gasteiger partial charge in [0.2, 0.25) is 0 Å². The van der Waals surface area contributed by atoms with E-state index in [4.69, 9.17) is 4.74 Å². The molecule has 2 aromatic carbocycles. The molecule has 0 radical (unpaired) electrons. The SMILES string of the molecule is COCc1ccccc1[N+](=O)[O-].O=Cc1ccccc1[N+](=O)[O-]. The first kappa shape index (κ1) is 17.9. The number of carbonyl (C=O) groups excluding carboxylic acids is 1. The second-order valence-electron chi connectivity index (χ2n) is 4.25. The van der Waals surface area contributed by atoms with E-state index in [0.717, 1.165) is 0 Å². The van der Waals surface area contributed by atoms with Crippen molar-refractivity contribution in [1.29, 1.82) is 0 Å². The van der Waals surface area contributed by atoms with Gasteiger partial charge in [-0.2, -0.15) is 0 Å². The molecule has 0 saturated carbocycles. The van der Waals surface area contributed by atoms with Gasteiger partial charge < -0.3 is 4.74 Å². The van der Waals surface area contributed by atoms with E-state index in [0.29, 0.717) is 11.8 Å². The largest absolute Gasteiger partial charge is 0.380 e. The highest BCUT2D eigenvalue weighted by Crippen LogP contribution is 2.17. The maximum atomic E-state index is 10.4. The van der Waals surface area contributed by atoms with Crippen LogP contribution < -0.4 is 0 Å². The van der Waals surface area contributed by atoms with Gasteiger partial charge >= 0.3 is 0 Å². The van der Waals surface area contributed by atoms with Gasteiger partial charge in [0, 0.05) is 19.2 Å². The summed E-state index contributed by atoms with van der Waals surface area (Å²) in [7, 11) is 1.51. The summed E-state index contributed by atoms with van der Waals surface area (Å²) in [6.07, 6.45) is 0.470. The van der Waals surface area contributed by atoms with Gasteiger partial charge in [-0.25, -0.2) is 0 Å². The van der Waals surface area contributed by atoms with E-state index in [-0.39, 0.29) is 23.5 Å². The summed E-state index contributed by atoms with van der Waals surface area (Å²) in [6.45, 7) is 0.275. The van der Waals surface area contributed by atoms with Gasteiger partial charge in [0.05, 0.1) is 27.6 Å². The number of benzene rings is 2. The Bertz CT molecular complexity index is 702. The molecule has 0 bridgehead atoms. The normalized spacial score (nSPS) is 9.43. The van der Waals surface area contributed by atoms with E-state index < -0.39 is 9.85 Å². The molecule has 0 spiro atoms. The summed E-state index contributed by atoms with van der Waals surface area (Å²) in [5.74, 6) is 0. The zero-order valence-electron chi connectivity index (χ0n) is 12.2. The van der Waals surface area contributed by atoms with Gasteiger partial charge in [0.1, 0.15) is 0 Å². The van der Waals surface area contributed by atoms with Crippen molar-refractivity contribution >= 4 is 17.7 Å². The Morgan fingerprint density at radius 1 is 0.957 bits per heavy atom. The van der Waals surface area contributed by atoms with Crippen LogP contribution >= 0.6 is 0 Å². The van der Waals surface area contributed by atoms with Gasteiger partial charge in [-0.3, -0.25) is 25.0 Å². The summed E-state index contributed by atoms with van der Waals surface area (Å²) in [6, 6.07) is 12.3. The van der Waals surface area contributed by atoms with Gasteiger partial charge in [0.25, 0.3) is 11.4 Å². The summed E-state index contributed by atoms with van der Waals surface area (Å²) in [5, 5.41) is 20.7. The fourth-order valence-corrected chi connectivity index (χ4v) is 1.72. The Balaban J connectivity index is 0.000000231. The quantitative estimate of drug-likeness (QED) is 0.475. The molecule has 0 unspecified atom stereocenters. The summed E-state index contributed by atoms with van der Waals surface area (Å²) < 4.78 is 4.81. The van der Waals surface area contributed by atoms with Crippen LogP contribution in [0.2, 0.25) is 0 Å². The van der Waals surface area contributed by atoms with Crippen LogP contribution in [0.3, 0.4) is 0 Å².